The Morgan fingerprint density at radius 1 is 1.38 bits per heavy atom. The van der Waals surface area contributed by atoms with E-state index >= 15 is 0 Å². The van der Waals surface area contributed by atoms with E-state index in [-0.39, 0.29) is 5.82 Å². The van der Waals surface area contributed by atoms with Crippen LogP contribution in [0.1, 0.15) is 19.4 Å². The van der Waals surface area contributed by atoms with Gasteiger partial charge in [0.05, 0.1) is 6.61 Å². The van der Waals surface area contributed by atoms with Crippen LogP contribution >= 0.6 is 0 Å². The maximum atomic E-state index is 12.8. The molecule has 16 heavy (non-hydrogen) atoms. The summed E-state index contributed by atoms with van der Waals surface area (Å²) in [4.78, 5) is 0. The van der Waals surface area contributed by atoms with E-state index in [9.17, 15) is 4.39 Å². The molecule has 0 saturated heterocycles. The molecule has 0 amide bonds. The highest BCUT2D eigenvalue weighted by Gasteiger charge is 1.99. The van der Waals surface area contributed by atoms with Crippen molar-refractivity contribution >= 4 is 5.69 Å². The largest absolute Gasteiger partial charge is 0.383 e. The SMILES string of the molecule is Cc1cc(F)ccc1NCCOCC(C)C. The van der Waals surface area contributed by atoms with Gasteiger partial charge in [-0.15, -0.1) is 0 Å². The number of hydrogen-bond donors (Lipinski definition) is 1. The highest BCUT2D eigenvalue weighted by atomic mass is 19.1. The van der Waals surface area contributed by atoms with Crippen molar-refractivity contribution in [3.63, 3.8) is 0 Å². The Bertz CT molecular complexity index is 326. The van der Waals surface area contributed by atoms with Crippen LogP contribution in [0, 0.1) is 18.7 Å². The number of benzene rings is 1. The molecular weight excluding hydrogens is 205 g/mol. The van der Waals surface area contributed by atoms with Crippen LogP contribution in [0.25, 0.3) is 0 Å². The van der Waals surface area contributed by atoms with E-state index in [0.717, 1.165) is 24.4 Å². The fourth-order valence-electron chi connectivity index (χ4n) is 1.40. The summed E-state index contributed by atoms with van der Waals surface area (Å²) in [5.74, 6) is 0.367. The number of rotatable bonds is 6. The van der Waals surface area contributed by atoms with Gasteiger partial charge in [-0.3, -0.25) is 0 Å². The predicted molar refractivity (Wildman–Crippen MR) is 65.3 cm³/mol. The molecule has 0 aliphatic heterocycles. The van der Waals surface area contributed by atoms with Gasteiger partial charge in [-0.25, -0.2) is 4.39 Å². The van der Waals surface area contributed by atoms with Crippen LogP contribution < -0.4 is 5.32 Å². The van der Waals surface area contributed by atoms with Crippen molar-refractivity contribution in [1.29, 1.82) is 0 Å². The molecule has 1 rings (SSSR count). The lowest BCUT2D eigenvalue weighted by atomic mass is 10.2. The lowest BCUT2D eigenvalue weighted by molar-refractivity contribution is 0.118. The van der Waals surface area contributed by atoms with E-state index in [0.29, 0.717) is 12.5 Å². The Morgan fingerprint density at radius 3 is 2.75 bits per heavy atom. The van der Waals surface area contributed by atoms with Crippen LogP contribution in [0.5, 0.6) is 0 Å². The molecule has 1 aromatic carbocycles. The van der Waals surface area contributed by atoms with Gasteiger partial charge in [-0.1, -0.05) is 13.8 Å². The first-order valence-corrected chi connectivity index (χ1v) is 5.67. The molecule has 0 aromatic heterocycles. The van der Waals surface area contributed by atoms with Gasteiger partial charge in [0.1, 0.15) is 5.82 Å². The van der Waals surface area contributed by atoms with E-state index in [1.807, 2.05) is 6.92 Å². The van der Waals surface area contributed by atoms with Crippen molar-refractivity contribution in [3.8, 4) is 0 Å². The number of hydrogen-bond acceptors (Lipinski definition) is 2. The van der Waals surface area contributed by atoms with Crippen LogP contribution in [0.4, 0.5) is 10.1 Å². The fourth-order valence-corrected chi connectivity index (χ4v) is 1.40. The first-order chi connectivity index (χ1) is 7.59. The monoisotopic (exact) mass is 225 g/mol. The van der Waals surface area contributed by atoms with Crippen LogP contribution in [-0.4, -0.2) is 19.8 Å². The van der Waals surface area contributed by atoms with Crippen molar-refractivity contribution in [2.45, 2.75) is 20.8 Å². The maximum Gasteiger partial charge on any atom is 0.123 e. The first kappa shape index (κ1) is 13.0. The van der Waals surface area contributed by atoms with E-state index in [1.54, 1.807) is 6.07 Å². The van der Waals surface area contributed by atoms with E-state index in [2.05, 4.69) is 19.2 Å². The second-order valence-corrected chi connectivity index (χ2v) is 4.35. The van der Waals surface area contributed by atoms with Gasteiger partial charge in [-0.05, 0) is 36.6 Å². The molecule has 0 aliphatic rings. The molecule has 1 N–H and O–H groups in total. The summed E-state index contributed by atoms with van der Waals surface area (Å²) in [6.45, 7) is 8.34. The Hall–Kier alpha value is -1.09. The Kier molecular flexibility index (Phi) is 5.26. The Balaban J connectivity index is 2.27. The molecule has 3 heteroatoms. The minimum atomic E-state index is -0.195. The van der Waals surface area contributed by atoms with E-state index in [4.69, 9.17) is 4.74 Å². The second kappa shape index (κ2) is 6.48. The summed E-state index contributed by atoms with van der Waals surface area (Å²) in [5, 5.41) is 3.22. The Labute approximate surface area is 96.8 Å². The van der Waals surface area contributed by atoms with Crippen LogP contribution in [0.3, 0.4) is 0 Å². The molecule has 2 nitrogen and oxygen atoms in total. The number of ether oxygens (including phenoxy) is 1. The third kappa shape index (κ3) is 4.62. The summed E-state index contributed by atoms with van der Waals surface area (Å²) < 4.78 is 18.3. The lowest BCUT2D eigenvalue weighted by Gasteiger charge is -2.10. The third-order valence-corrected chi connectivity index (χ3v) is 2.20. The van der Waals surface area contributed by atoms with Gasteiger partial charge < -0.3 is 10.1 Å². The van der Waals surface area contributed by atoms with Gasteiger partial charge in [0.25, 0.3) is 0 Å². The minimum Gasteiger partial charge on any atom is -0.383 e. The Morgan fingerprint density at radius 2 is 2.12 bits per heavy atom. The summed E-state index contributed by atoms with van der Waals surface area (Å²) >= 11 is 0. The minimum absolute atomic E-state index is 0.195. The van der Waals surface area contributed by atoms with Crippen molar-refractivity contribution < 1.29 is 9.13 Å². The molecule has 0 spiro atoms. The summed E-state index contributed by atoms with van der Waals surface area (Å²) in [6, 6.07) is 4.74. The average molecular weight is 225 g/mol. The predicted octanol–water partition coefficient (Wildman–Crippen LogP) is 3.22. The fraction of sp³-hybridized carbons (Fsp3) is 0.538. The lowest BCUT2D eigenvalue weighted by Crippen LogP contribution is -2.12. The second-order valence-electron chi connectivity index (χ2n) is 4.35. The molecule has 0 bridgehead atoms. The third-order valence-electron chi connectivity index (χ3n) is 2.20. The molecule has 1 aromatic rings. The van der Waals surface area contributed by atoms with Gasteiger partial charge in [0.2, 0.25) is 0 Å². The van der Waals surface area contributed by atoms with Crippen LogP contribution in [-0.2, 0) is 4.74 Å². The molecule has 0 heterocycles. The molecule has 0 aliphatic carbocycles. The zero-order valence-electron chi connectivity index (χ0n) is 10.2. The van der Waals surface area contributed by atoms with Crippen LogP contribution in [0.15, 0.2) is 18.2 Å². The van der Waals surface area contributed by atoms with Crippen molar-refractivity contribution in [2.75, 3.05) is 25.1 Å². The molecular formula is C13H20FNO. The molecule has 0 unspecified atom stereocenters. The smallest absolute Gasteiger partial charge is 0.123 e. The number of nitrogens with one attached hydrogen (secondary N) is 1. The van der Waals surface area contributed by atoms with Crippen molar-refractivity contribution in [1.82, 2.24) is 0 Å². The van der Waals surface area contributed by atoms with Gasteiger partial charge >= 0.3 is 0 Å². The van der Waals surface area contributed by atoms with Gasteiger partial charge in [0.15, 0.2) is 0 Å². The highest BCUT2D eigenvalue weighted by Crippen LogP contribution is 2.14. The van der Waals surface area contributed by atoms with Crippen molar-refractivity contribution in [3.05, 3.63) is 29.6 Å². The summed E-state index contributed by atoms with van der Waals surface area (Å²) in [7, 11) is 0. The van der Waals surface area contributed by atoms with E-state index < -0.39 is 0 Å². The molecule has 0 fully saturated rings. The maximum absolute atomic E-state index is 12.8. The quantitative estimate of drug-likeness (QED) is 0.750. The number of aryl methyl sites for hydroxylation is 1. The number of halogens is 1. The summed E-state index contributed by atoms with van der Waals surface area (Å²) in [5.41, 5.74) is 1.89. The molecule has 0 radical (unpaired) electrons. The topological polar surface area (TPSA) is 21.3 Å². The first-order valence-electron chi connectivity index (χ1n) is 5.67. The van der Waals surface area contributed by atoms with Crippen molar-refractivity contribution in [2.24, 2.45) is 5.92 Å². The van der Waals surface area contributed by atoms with Crippen LogP contribution in [0.2, 0.25) is 0 Å². The van der Waals surface area contributed by atoms with Gasteiger partial charge in [-0.2, -0.15) is 0 Å². The normalized spacial score (nSPS) is 10.8. The molecule has 90 valence electrons. The highest BCUT2D eigenvalue weighted by molar-refractivity contribution is 5.50. The van der Waals surface area contributed by atoms with Gasteiger partial charge in [0, 0.05) is 18.8 Å². The zero-order valence-corrected chi connectivity index (χ0v) is 10.2. The molecule has 0 atom stereocenters. The summed E-state index contributed by atoms with van der Waals surface area (Å²) in [6.07, 6.45) is 0. The average Bonchev–Trinajstić information content (AvgIpc) is 2.20. The standard InChI is InChI=1S/C13H20FNO/c1-10(2)9-16-7-6-15-13-5-4-12(14)8-11(13)3/h4-5,8,10,15H,6-7,9H2,1-3H3. The zero-order chi connectivity index (χ0) is 12.0. The number of anilines is 1. The van der Waals surface area contributed by atoms with E-state index in [1.165, 1.54) is 12.1 Å². The molecule has 0 saturated carbocycles.